The Hall–Kier alpha value is -1.67. The Morgan fingerprint density at radius 3 is 2.77 bits per heavy atom. The van der Waals surface area contributed by atoms with Crippen molar-refractivity contribution >= 4 is 23.4 Å². The van der Waals surface area contributed by atoms with Crippen LogP contribution in [0.2, 0.25) is 0 Å². The first-order valence-corrected chi connectivity index (χ1v) is 8.23. The molecule has 0 aromatic carbocycles. The van der Waals surface area contributed by atoms with Crippen molar-refractivity contribution in [3.8, 4) is 0 Å². The first-order chi connectivity index (χ1) is 10.5. The molecule has 0 fully saturated rings. The fourth-order valence-electron chi connectivity index (χ4n) is 2.31. The Bertz CT molecular complexity index is 685. The van der Waals surface area contributed by atoms with E-state index in [2.05, 4.69) is 20.4 Å². The van der Waals surface area contributed by atoms with Crippen LogP contribution in [0, 0.1) is 13.8 Å². The molecule has 2 rings (SSSR count). The molecule has 1 amide bonds. The summed E-state index contributed by atoms with van der Waals surface area (Å²) in [5.74, 6) is 0.512. The van der Waals surface area contributed by atoms with E-state index < -0.39 is 0 Å². The monoisotopic (exact) mass is 323 g/mol. The number of rotatable bonds is 6. The maximum atomic E-state index is 12.2. The van der Waals surface area contributed by atoms with Crippen LogP contribution in [0.5, 0.6) is 0 Å². The van der Waals surface area contributed by atoms with Crippen molar-refractivity contribution in [2.45, 2.75) is 38.4 Å². The molecule has 2 heterocycles. The SMILES string of the molecule is COCC(C)NC(=O)Cc1c(C)nc2nc(SC)nn2c1C. The molecule has 2 aromatic rings. The minimum absolute atomic E-state index is 0.0238. The third-order valence-electron chi connectivity index (χ3n) is 3.37. The highest BCUT2D eigenvalue weighted by Crippen LogP contribution is 2.17. The number of aromatic nitrogens is 4. The zero-order valence-electron chi connectivity index (χ0n) is 13.5. The second-order valence-electron chi connectivity index (χ2n) is 5.17. The van der Waals surface area contributed by atoms with E-state index in [-0.39, 0.29) is 18.4 Å². The third kappa shape index (κ3) is 3.56. The second kappa shape index (κ2) is 7.06. The Morgan fingerprint density at radius 2 is 2.14 bits per heavy atom. The summed E-state index contributed by atoms with van der Waals surface area (Å²) >= 11 is 1.47. The van der Waals surface area contributed by atoms with Crippen LogP contribution in [0.3, 0.4) is 0 Å². The molecule has 22 heavy (non-hydrogen) atoms. The average Bonchev–Trinajstić information content (AvgIpc) is 2.86. The van der Waals surface area contributed by atoms with Gasteiger partial charge in [0.1, 0.15) is 0 Å². The van der Waals surface area contributed by atoms with Crippen molar-refractivity contribution in [1.82, 2.24) is 24.9 Å². The number of amides is 1. The lowest BCUT2D eigenvalue weighted by Gasteiger charge is -2.14. The summed E-state index contributed by atoms with van der Waals surface area (Å²) < 4.78 is 6.72. The zero-order valence-corrected chi connectivity index (χ0v) is 14.3. The topological polar surface area (TPSA) is 81.4 Å². The van der Waals surface area contributed by atoms with Gasteiger partial charge in [0.2, 0.25) is 11.1 Å². The molecule has 1 atom stereocenters. The lowest BCUT2D eigenvalue weighted by Crippen LogP contribution is -2.36. The van der Waals surface area contributed by atoms with Gasteiger partial charge in [-0.1, -0.05) is 11.8 Å². The number of aryl methyl sites for hydroxylation is 2. The van der Waals surface area contributed by atoms with Gasteiger partial charge in [-0.3, -0.25) is 4.79 Å². The Morgan fingerprint density at radius 1 is 1.41 bits per heavy atom. The smallest absolute Gasteiger partial charge is 0.253 e. The van der Waals surface area contributed by atoms with Crippen LogP contribution >= 0.6 is 11.8 Å². The van der Waals surface area contributed by atoms with Crippen LogP contribution < -0.4 is 5.32 Å². The van der Waals surface area contributed by atoms with Crippen molar-refractivity contribution in [1.29, 1.82) is 0 Å². The predicted octanol–water partition coefficient (Wildman–Crippen LogP) is 1.16. The summed E-state index contributed by atoms with van der Waals surface area (Å²) in [6.07, 6.45) is 2.19. The van der Waals surface area contributed by atoms with Crippen LogP contribution in [0.25, 0.3) is 5.78 Å². The molecule has 0 saturated heterocycles. The van der Waals surface area contributed by atoms with Gasteiger partial charge >= 0.3 is 0 Å². The van der Waals surface area contributed by atoms with Crippen LogP contribution in [-0.4, -0.2) is 51.5 Å². The normalized spacial score (nSPS) is 12.6. The van der Waals surface area contributed by atoms with Crippen molar-refractivity contribution in [3.63, 3.8) is 0 Å². The molecular formula is C14H21N5O2S. The quantitative estimate of drug-likeness (QED) is 0.803. The number of hydrogen-bond acceptors (Lipinski definition) is 6. The number of hydrogen-bond donors (Lipinski definition) is 1. The van der Waals surface area contributed by atoms with Crippen LogP contribution in [-0.2, 0) is 16.0 Å². The molecule has 2 aromatic heterocycles. The van der Waals surface area contributed by atoms with Gasteiger partial charge in [-0.25, -0.2) is 9.50 Å². The number of carbonyl (C=O) groups excluding carboxylic acids is 1. The van der Waals surface area contributed by atoms with E-state index in [4.69, 9.17) is 4.74 Å². The molecule has 120 valence electrons. The van der Waals surface area contributed by atoms with E-state index in [0.717, 1.165) is 17.0 Å². The first kappa shape index (κ1) is 16.7. The summed E-state index contributed by atoms with van der Waals surface area (Å²) in [4.78, 5) is 20.9. The third-order valence-corrected chi connectivity index (χ3v) is 3.91. The lowest BCUT2D eigenvalue weighted by atomic mass is 10.1. The van der Waals surface area contributed by atoms with E-state index in [9.17, 15) is 4.79 Å². The van der Waals surface area contributed by atoms with E-state index >= 15 is 0 Å². The molecule has 7 nitrogen and oxygen atoms in total. The number of ether oxygens (including phenoxy) is 1. The van der Waals surface area contributed by atoms with Gasteiger partial charge in [0.05, 0.1) is 13.0 Å². The molecule has 0 spiro atoms. The zero-order chi connectivity index (χ0) is 16.3. The van der Waals surface area contributed by atoms with Crippen molar-refractivity contribution in [2.24, 2.45) is 0 Å². The molecule has 0 saturated carbocycles. The average molecular weight is 323 g/mol. The second-order valence-corrected chi connectivity index (χ2v) is 5.95. The van der Waals surface area contributed by atoms with E-state index in [1.54, 1.807) is 11.6 Å². The van der Waals surface area contributed by atoms with Crippen molar-refractivity contribution in [2.75, 3.05) is 20.0 Å². The summed E-state index contributed by atoms with van der Waals surface area (Å²) in [5.41, 5.74) is 2.58. The van der Waals surface area contributed by atoms with Gasteiger partial charge in [-0.2, -0.15) is 4.98 Å². The lowest BCUT2D eigenvalue weighted by molar-refractivity contribution is -0.121. The molecule has 0 aliphatic rings. The van der Waals surface area contributed by atoms with Crippen LogP contribution in [0.4, 0.5) is 0 Å². The van der Waals surface area contributed by atoms with Crippen molar-refractivity contribution in [3.05, 3.63) is 17.0 Å². The van der Waals surface area contributed by atoms with Gasteiger partial charge in [0, 0.05) is 30.1 Å². The number of fused-ring (bicyclic) bond motifs is 1. The summed E-state index contributed by atoms with van der Waals surface area (Å²) in [6, 6.07) is -0.0238. The largest absolute Gasteiger partial charge is 0.383 e. The number of thioether (sulfide) groups is 1. The first-order valence-electron chi connectivity index (χ1n) is 7.01. The van der Waals surface area contributed by atoms with E-state index in [1.165, 1.54) is 11.8 Å². The molecular weight excluding hydrogens is 302 g/mol. The van der Waals surface area contributed by atoms with E-state index in [0.29, 0.717) is 17.5 Å². The molecule has 0 aliphatic heterocycles. The molecule has 0 radical (unpaired) electrons. The standard InChI is InChI=1S/C14H21N5O2S/c1-8(7-21-4)15-12(20)6-11-9(2)16-13-17-14(22-5)18-19(13)10(11)3/h8H,6-7H2,1-5H3,(H,15,20). The maximum Gasteiger partial charge on any atom is 0.253 e. The number of methoxy groups -OCH3 is 1. The molecule has 0 aliphatic carbocycles. The fourth-order valence-corrected chi connectivity index (χ4v) is 2.65. The Kier molecular flexibility index (Phi) is 5.36. The van der Waals surface area contributed by atoms with Gasteiger partial charge in [-0.05, 0) is 27.0 Å². The molecule has 0 bridgehead atoms. The van der Waals surface area contributed by atoms with Gasteiger partial charge < -0.3 is 10.1 Å². The summed E-state index contributed by atoms with van der Waals surface area (Å²) in [6.45, 7) is 6.22. The highest BCUT2D eigenvalue weighted by atomic mass is 32.2. The summed E-state index contributed by atoms with van der Waals surface area (Å²) in [5, 5.41) is 7.96. The van der Waals surface area contributed by atoms with E-state index in [1.807, 2.05) is 27.0 Å². The van der Waals surface area contributed by atoms with Crippen LogP contribution in [0.15, 0.2) is 5.16 Å². The fraction of sp³-hybridized carbons (Fsp3) is 0.571. The maximum absolute atomic E-state index is 12.2. The minimum atomic E-state index is -0.0536. The predicted molar refractivity (Wildman–Crippen MR) is 85.2 cm³/mol. The van der Waals surface area contributed by atoms with Crippen LogP contribution in [0.1, 0.15) is 23.9 Å². The van der Waals surface area contributed by atoms with Gasteiger partial charge in [0.25, 0.3) is 5.78 Å². The Labute approximate surface area is 133 Å². The van der Waals surface area contributed by atoms with Gasteiger partial charge in [-0.15, -0.1) is 5.10 Å². The number of nitrogens with zero attached hydrogens (tertiary/aromatic N) is 4. The van der Waals surface area contributed by atoms with Crippen molar-refractivity contribution < 1.29 is 9.53 Å². The summed E-state index contributed by atoms with van der Waals surface area (Å²) in [7, 11) is 1.61. The highest BCUT2D eigenvalue weighted by Gasteiger charge is 2.16. The van der Waals surface area contributed by atoms with Gasteiger partial charge in [0.15, 0.2) is 0 Å². The highest BCUT2D eigenvalue weighted by molar-refractivity contribution is 7.98. The number of nitrogens with one attached hydrogen (secondary N) is 1. The molecule has 8 heteroatoms. The Balaban J connectivity index is 2.25. The number of carbonyl (C=O) groups is 1. The minimum Gasteiger partial charge on any atom is -0.383 e. The molecule has 1 unspecified atom stereocenters. The molecule has 1 N–H and O–H groups in total.